The summed E-state index contributed by atoms with van der Waals surface area (Å²) >= 11 is 0. The van der Waals surface area contributed by atoms with Gasteiger partial charge in [-0.15, -0.1) is 0 Å². The summed E-state index contributed by atoms with van der Waals surface area (Å²) in [6.45, 7) is 14.0. The van der Waals surface area contributed by atoms with Gasteiger partial charge in [-0.3, -0.25) is 0 Å². The van der Waals surface area contributed by atoms with E-state index >= 15 is 0 Å². The fourth-order valence-corrected chi connectivity index (χ4v) is 2.13. The highest BCUT2D eigenvalue weighted by Crippen LogP contribution is 2.47. The van der Waals surface area contributed by atoms with Crippen LogP contribution in [-0.4, -0.2) is 17.5 Å². The molecule has 0 saturated carbocycles. The van der Waals surface area contributed by atoms with Crippen molar-refractivity contribution >= 4 is 0 Å². The van der Waals surface area contributed by atoms with Gasteiger partial charge >= 0.3 is 0 Å². The molecule has 0 saturated heterocycles. The van der Waals surface area contributed by atoms with E-state index in [1.54, 1.807) is 0 Å². The van der Waals surface area contributed by atoms with Crippen molar-refractivity contribution in [3.05, 3.63) is 11.8 Å². The standard InChI is InChI=1S/C12H23N/c1-9-8-13(7)12(5,6)11(3,4)10(9)2/h8,10H,1-7H3. The Morgan fingerprint density at radius 1 is 1.23 bits per heavy atom. The third kappa shape index (κ3) is 1.29. The molecular formula is C12H23N. The van der Waals surface area contributed by atoms with Crippen molar-refractivity contribution in [1.29, 1.82) is 0 Å². The molecule has 0 amide bonds. The molecule has 0 fully saturated rings. The van der Waals surface area contributed by atoms with Crippen LogP contribution in [0, 0.1) is 11.3 Å². The van der Waals surface area contributed by atoms with Crippen LogP contribution in [0.3, 0.4) is 0 Å². The predicted molar refractivity (Wildman–Crippen MR) is 58.5 cm³/mol. The van der Waals surface area contributed by atoms with Gasteiger partial charge in [0.05, 0.1) is 0 Å². The normalized spacial score (nSPS) is 31.5. The summed E-state index contributed by atoms with van der Waals surface area (Å²) in [6.07, 6.45) is 2.29. The van der Waals surface area contributed by atoms with E-state index in [9.17, 15) is 0 Å². The Bertz CT molecular complexity index is 236. The summed E-state index contributed by atoms with van der Waals surface area (Å²) in [6, 6.07) is 0. The summed E-state index contributed by atoms with van der Waals surface area (Å²) in [5.74, 6) is 0.665. The smallest absolute Gasteiger partial charge is 0.0393 e. The lowest BCUT2D eigenvalue weighted by atomic mass is 9.62. The quantitative estimate of drug-likeness (QED) is 0.554. The fourth-order valence-electron chi connectivity index (χ4n) is 2.13. The Morgan fingerprint density at radius 2 is 1.69 bits per heavy atom. The number of hydrogen-bond donors (Lipinski definition) is 0. The molecule has 1 unspecified atom stereocenters. The van der Waals surface area contributed by atoms with Crippen LogP contribution in [0.1, 0.15) is 41.5 Å². The second-order valence-electron chi connectivity index (χ2n) is 5.49. The SMILES string of the molecule is CC1=CN(C)C(C)(C)C(C)(C)C1C. The Morgan fingerprint density at radius 3 is 2.15 bits per heavy atom. The van der Waals surface area contributed by atoms with Crippen LogP contribution in [-0.2, 0) is 0 Å². The summed E-state index contributed by atoms with van der Waals surface area (Å²) in [5.41, 5.74) is 2.07. The van der Waals surface area contributed by atoms with E-state index in [4.69, 9.17) is 0 Å². The van der Waals surface area contributed by atoms with Crippen LogP contribution in [0.5, 0.6) is 0 Å². The lowest BCUT2D eigenvalue weighted by Crippen LogP contribution is -2.55. The number of nitrogens with zero attached hydrogens (tertiary/aromatic N) is 1. The van der Waals surface area contributed by atoms with Crippen molar-refractivity contribution in [2.24, 2.45) is 11.3 Å². The van der Waals surface area contributed by atoms with Gasteiger partial charge < -0.3 is 4.90 Å². The highest BCUT2D eigenvalue weighted by molar-refractivity contribution is 5.17. The highest BCUT2D eigenvalue weighted by Gasteiger charge is 2.46. The average Bonchev–Trinajstić information content (AvgIpc) is 2.00. The van der Waals surface area contributed by atoms with E-state index < -0.39 is 0 Å². The third-order valence-electron chi connectivity index (χ3n) is 4.62. The minimum Gasteiger partial charge on any atom is -0.375 e. The predicted octanol–water partition coefficient (Wildman–Crippen LogP) is 3.28. The average molecular weight is 181 g/mol. The Hall–Kier alpha value is -0.460. The van der Waals surface area contributed by atoms with Crippen LogP contribution in [0.25, 0.3) is 0 Å². The first-order valence-corrected chi connectivity index (χ1v) is 5.12. The van der Waals surface area contributed by atoms with Gasteiger partial charge in [0.2, 0.25) is 0 Å². The van der Waals surface area contributed by atoms with E-state index in [1.807, 2.05) is 0 Å². The summed E-state index contributed by atoms with van der Waals surface area (Å²) in [5, 5.41) is 0. The van der Waals surface area contributed by atoms with Gasteiger partial charge in [-0.05, 0) is 38.3 Å². The second-order valence-corrected chi connectivity index (χ2v) is 5.49. The number of rotatable bonds is 0. The molecule has 0 spiro atoms. The van der Waals surface area contributed by atoms with E-state index in [1.165, 1.54) is 5.57 Å². The molecule has 1 rings (SSSR count). The van der Waals surface area contributed by atoms with Gasteiger partial charge in [0.15, 0.2) is 0 Å². The molecule has 13 heavy (non-hydrogen) atoms. The van der Waals surface area contributed by atoms with Crippen LogP contribution in [0.4, 0.5) is 0 Å². The molecule has 0 aromatic heterocycles. The van der Waals surface area contributed by atoms with Crippen molar-refractivity contribution in [1.82, 2.24) is 4.90 Å². The molecule has 1 nitrogen and oxygen atoms in total. The minimum absolute atomic E-state index is 0.242. The van der Waals surface area contributed by atoms with Crippen LogP contribution in [0.2, 0.25) is 0 Å². The van der Waals surface area contributed by atoms with Gasteiger partial charge in [0.1, 0.15) is 0 Å². The van der Waals surface area contributed by atoms with Gasteiger partial charge in [0.25, 0.3) is 0 Å². The van der Waals surface area contributed by atoms with E-state index in [-0.39, 0.29) is 5.54 Å². The summed E-state index contributed by atoms with van der Waals surface area (Å²) in [7, 11) is 2.18. The maximum absolute atomic E-state index is 2.37. The minimum atomic E-state index is 0.242. The first kappa shape index (κ1) is 10.6. The van der Waals surface area contributed by atoms with Crippen LogP contribution in [0.15, 0.2) is 11.8 Å². The zero-order valence-corrected chi connectivity index (χ0v) is 10.1. The third-order valence-corrected chi connectivity index (χ3v) is 4.62. The van der Waals surface area contributed by atoms with Crippen molar-refractivity contribution in [3.8, 4) is 0 Å². The molecule has 76 valence electrons. The van der Waals surface area contributed by atoms with Crippen molar-refractivity contribution in [3.63, 3.8) is 0 Å². The molecule has 1 aliphatic heterocycles. The Kier molecular flexibility index (Phi) is 2.26. The van der Waals surface area contributed by atoms with E-state index in [2.05, 4.69) is 59.7 Å². The van der Waals surface area contributed by atoms with Crippen LogP contribution >= 0.6 is 0 Å². The maximum atomic E-state index is 2.37. The lowest BCUT2D eigenvalue weighted by Gasteiger charge is -2.54. The van der Waals surface area contributed by atoms with Crippen molar-refractivity contribution in [2.45, 2.75) is 47.1 Å². The number of hydrogen-bond acceptors (Lipinski definition) is 1. The summed E-state index contributed by atoms with van der Waals surface area (Å²) < 4.78 is 0. The van der Waals surface area contributed by atoms with Gasteiger partial charge in [-0.25, -0.2) is 0 Å². The van der Waals surface area contributed by atoms with Crippen molar-refractivity contribution in [2.75, 3.05) is 7.05 Å². The molecular weight excluding hydrogens is 158 g/mol. The van der Waals surface area contributed by atoms with Crippen molar-refractivity contribution < 1.29 is 0 Å². The van der Waals surface area contributed by atoms with Gasteiger partial charge in [-0.1, -0.05) is 26.3 Å². The molecule has 1 aliphatic rings. The molecule has 0 aromatic carbocycles. The maximum Gasteiger partial charge on any atom is 0.0393 e. The summed E-state index contributed by atoms with van der Waals surface area (Å²) in [4.78, 5) is 2.35. The molecule has 1 heterocycles. The zero-order valence-electron chi connectivity index (χ0n) is 10.1. The zero-order chi connectivity index (χ0) is 10.4. The first-order valence-electron chi connectivity index (χ1n) is 5.12. The van der Waals surface area contributed by atoms with E-state index in [0.717, 1.165) is 0 Å². The Balaban J connectivity index is 3.18. The van der Waals surface area contributed by atoms with Crippen LogP contribution < -0.4 is 0 Å². The molecule has 0 bridgehead atoms. The molecule has 1 atom stereocenters. The van der Waals surface area contributed by atoms with Gasteiger partial charge in [0, 0.05) is 12.6 Å². The molecule has 0 N–H and O–H groups in total. The second kappa shape index (κ2) is 2.76. The molecule has 1 heteroatoms. The molecule has 0 aliphatic carbocycles. The largest absolute Gasteiger partial charge is 0.375 e. The molecule has 0 aromatic rings. The first-order chi connectivity index (χ1) is 5.71. The van der Waals surface area contributed by atoms with Gasteiger partial charge in [-0.2, -0.15) is 0 Å². The lowest BCUT2D eigenvalue weighted by molar-refractivity contribution is 0.0148. The monoisotopic (exact) mass is 181 g/mol. The fraction of sp³-hybridized carbons (Fsp3) is 0.833. The highest BCUT2D eigenvalue weighted by atomic mass is 15.2. The molecule has 0 radical (unpaired) electrons. The Labute approximate surface area is 82.8 Å². The topological polar surface area (TPSA) is 3.24 Å². The number of allylic oxidation sites excluding steroid dienone is 1. The van der Waals surface area contributed by atoms with E-state index in [0.29, 0.717) is 11.3 Å².